The highest BCUT2D eigenvalue weighted by atomic mass is 16.6. The number of fused-ring (bicyclic) bond motifs is 1. The minimum Gasteiger partial charge on any atom is -0.491 e. The van der Waals surface area contributed by atoms with Crippen LogP contribution in [-0.4, -0.2) is 150 Å². The number of hydrogen-bond acceptors (Lipinski definition) is 15. The molecule has 19 heteroatoms. The fourth-order valence-electron chi connectivity index (χ4n) is 9.27. The van der Waals surface area contributed by atoms with Gasteiger partial charge in [0.05, 0.1) is 77.2 Å². The summed E-state index contributed by atoms with van der Waals surface area (Å²) in [4.78, 5) is 83.1. The number of nitrogens with one attached hydrogen (secondary N) is 4. The summed E-state index contributed by atoms with van der Waals surface area (Å²) in [5, 5.41) is 8.37. The minimum absolute atomic E-state index is 0.0556. The van der Waals surface area contributed by atoms with Gasteiger partial charge in [-0.15, -0.1) is 0 Å². The Hall–Kier alpha value is -6.48. The molecule has 3 aromatic carbocycles. The molecule has 4 heterocycles. The van der Waals surface area contributed by atoms with Crippen LogP contribution in [-0.2, 0) is 44.6 Å². The van der Waals surface area contributed by atoms with E-state index in [9.17, 15) is 28.8 Å². The Kier molecular flexibility index (Phi) is 20.1. The highest BCUT2D eigenvalue weighted by Gasteiger charge is 2.45. The first kappa shape index (κ1) is 54.3. The van der Waals surface area contributed by atoms with E-state index < -0.39 is 29.7 Å². The van der Waals surface area contributed by atoms with Gasteiger partial charge in [-0.2, -0.15) is 0 Å². The Morgan fingerprint density at radius 1 is 0.753 bits per heavy atom. The number of ether oxygens (including phenoxy) is 7. The second-order valence-electron chi connectivity index (χ2n) is 18.0. The number of piperidine rings is 1. The van der Waals surface area contributed by atoms with E-state index in [1.165, 1.54) is 0 Å². The van der Waals surface area contributed by atoms with Crippen molar-refractivity contribution in [2.45, 2.75) is 72.0 Å². The standard InChI is InChI=1S/C54H68N6O13/c1-5-59(40-14-17-67-18-15-40)47-33-39(32-43(37(47)4)50(62)56-34-44-35(2)30-36(3)57-51(44)63)38-8-6-9-41(31-38)73-29-28-72-27-26-71-25-24-70-23-22-69-21-20-68-19-16-55-45-11-7-10-42-49(45)54(66)60(53(42)65)46-12-13-48(61)58-52(46)64/h6-11,30-33,40,46,55H,5,12-29,34H2,1-4H3,(H,56,62)(H,57,63)(H,58,61,64). The lowest BCUT2D eigenvalue weighted by molar-refractivity contribution is -0.136. The Bertz CT molecular complexity index is 2630. The molecule has 5 amide bonds. The third-order valence-electron chi connectivity index (χ3n) is 13.0. The summed E-state index contributed by atoms with van der Waals surface area (Å²) < 4.78 is 40.0. The van der Waals surface area contributed by atoms with Crippen molar-refractivity contribution in [1.29, 1.82) is 0 Å². The van der Waals surface area contributed by atoms with E-state index >= 15 is 0 Å². The maximum atomic E-state index is 14.0. The predicted octanol–water partition coefficient (Wildman–Crippen LogP) is 4.88. The van der Waals surface area contributed by atoms with Crippen molar-refractivity contribution in [3.63, 3.8) is 0 Å². The first-order valence-electron chi connectivity index (χ1n) is 25.1. The Labute approximate surface area is 425 Å². The number of aryl methyl sites for hydroxylation is 2. The smallest absolute Gasteiger partial charge is 0.264 e. The summed E-state index contributed by atoms with van der Waals surface area (Å²) in [7, 11) is 0. The lowest BCUT2D eigenvalue weighted by atomic mass is 9.95. The van der Waals surface area contributed by atoms with Crippen LogP contribution in [0.25, 0.3) is 11.1 Å². The SMILES string of the molecule is CCN(c1cc(-c2cccc(OCCOCCOCCOCCOCCOCCNc3cccc4c3C(=O)N(C3CCC(=O)NC3=O)C4=O)c2)cc(C(=O)NCc2c(C)cc(C)[nH]c2=O)c1C)C1CCOCC1. The van der Waals surface area contributed by atoms with Crippen molar-refractivity contribution in [3.05, 3.63) is 110 Å². The van der Waals surface area contributed by atoms with E-state index in [0.29, 0.717) is 115 Å². The van der Waals surface area contributed by atoms with Gasteiger partial charge in [-0.25, -0.2) is 0 Å². The molecule has 1 unspecified atom stereocenters. The molecule has 0 saturated carbocycles. The molecular weight excluding hydrogens is 941 g/mol. The largest absolute Gasteiger partial charge is 0.491 e. The summed E-state index contributed by atoms with van der Waals surface area (Å²) in [6, 6.07) is 17.9. The first-order valence-corrected chi connectivity index (χ1v) is 25.1. The summed E-state index contributed by atoms with van der Waals surface area (Å²) in [5.74, 6) is -1.78. The van der Waals surface area contributed by atoms with E-state index in [1.807, 2.05) is 57.2 Å². The van der Waals surface area contributed by atoms with Gasteiger partial charge in [0.25, 0.3) is 23.3 Å². The van der Waals surface area contributed by atoms with Crippen LogP contribution in [0.3, 0.4) is 0 Å². The average Bonchev–Trinajstić information content (AvgIpc) is 3.63. The van der Waals surface area contributed by atoms with E-state index in [1.54, 1.807) is 18.2 Å². The summed E-state index contributed by atoms with van der Waals surface area (Å²) in [6.45, 7) is 14.6. The van der Waals surface area contributed by atoms with Crippen LogP contribution in [0, 0.1) is 20.8 Å². The third kappa shape index (κ3) is 14.4. The predicted molar refractivity (Wildman–Crippen MR) is 272 cm³/mol. The van der Waals surface area contributed by atoms with Gasteiger partial charge in [-0.05, 0) is 112 Å². The second-order valence-corrected chi connectivity index (χ2v) is 18.0. The van der Waals surface area contributed by atoms with Gasteiger partial charge in [0.15, 0.2) is 0 Å². The topological polar surface area (TPSA) is 225 Å². The summed E-state index contributed by atoms with van der Waals surface area (Å²) in [6.07, 6.45) is 1.95. The van der Waals surface area contributed by atoms with Gasteiger partial charge in [0.2, 0.25) is 11.8 Å². The number of hydrogen-bond donors (Lipinski definition) is 4. The van der Waals surface area contributed by atoms with Crippen molar-refractivity contribution >= 4 is 40.9 Å². The van der Waals surface area contributed by atoms with Gasteiger partial charge in [0.1, 0.15) is 18.4 Å². The molecule has 3 aliphatic heterocycles. The van der Waals surface area contributed by atoms with Crippen molar-refractivity contribution in [1.82, 2.24) is 20.5 Å². The summed E-state index contributed by atoms with van der Waals surface area (Å²) in [5.41, 5.74) is 6.99. The van der Waals surface area contributed by atoms with Crippen LogP contribution < -0.4 is 31.1 Å². The van der Waals surface area contributed by atoms with Crippen molar-refractivity contribution in [3.8, 4) is 16.9 Å². The quantitative estimate of drug-likeness (QED) is 0.0440. The maximum absolute atomic E-state index is 14.0. The fourth-order valence-corrected chi connectivity index (χ4v) is 9.27. The average molecular weight is 1010 g/mol. The van der Waals surface area contributed by atoms with E-state index in [2.05, 4.69) is 38.8 Å². The molecule has 7 rings (SSSR count). The Morgan fingerprint density at radius 3 is 2.07 bits per heavy atom. The number of pyridine rings is 1. The molecule has 1 atom stereocenters. The molecular formula is C54H68N6O13. The molecule has 4 aromatic rings. The molecule has 0 radical (unpaired) electrons. The number of aromatic nitrogens is 1. The number of imide groups is 2. The molecule has 2 saturated heterocycles. The molecule has 3 aliphatic rings. The number of benzene rings is 3. The fraction of sp³-hybridized carbons (Fsp3) is 0.481. The van der Waals surface area contributed by atoms with Crippen LogP contribution in [0.15, 0.2) is 65.5 Å². The van der Waals surface area contributed by atoms with E-state index in [4.69, 9.17) is 33.2 Å². The lowest BCUT2D eigenvalue weighted by Crippen LogP contribution is -2.54. The number of H-pyrrole nitrogens is 1. The number of carbonyl (C=O) groups excluding carboxylic acids is 5. The Balaban J connectivity index is 0.755. The molecule has 1 aromatic heterocycles. The molecule has 392 valence electrons. The highest BCUT2D eigenvalue weighted by Crippen LogP contribution is 2.36. The van der Waals surface area contributed by atoms with Crippen molar-refractivity contribution in [2.75, 3.05) is 109 Å². The van der Waals surface area contributed by atoms with Gasteiger partial charge in [-0.1, -0.05) is 18.2 Å². The van der Waals surface area contributed by atoms with Crippen molar-refractivity contribution < 1.29 is 57.1 Å². The van der Waals surface area contributed by atoms with Crippen LogP contribution in [0.1, 0.15) is 86.1 Å². The summed E-state index contributed by atoms with van der Waals surface area (Å²) >= 11 is 0. The Morgan fingerprint density at radius 2 is 1.41 bits per heavy atom. The van der Waals surface area contributed by atoms with Gasteiger partial charge in [0, 0.05) is 73.5 Å². The minimum atomic E-state index is -1.02. The third-order valence-corrected chi connectivity index (χ3v) is 13.0. The molecule has 0 bridgehead atoms. The number of anilines is 2. The first-order chi connectivity index (χ1) is 35.4. The molecule has 4 N–H and O–H groups in total. The second kappa shape index (κ2) is 27.0. The maximum Gasteiger partial charge on any atom is 0.264 e. The number of amides is 5. The normalized spacial score (nSPS) is 15.9. The highest BCUT2D eigenvalue weighted by molar-refractivity contribution is 6.25. The molecule has 0 spiro atoms. The van der Waals surface area contributed by atoms with Crippen LogP contribution in [0.4, 0.5) is 11.4 Å². The molecule has 0 aliphatic carbocycles. The zero-order valence-electron chi connectivity index (χ0n) is 42.3. The van der Waals surface area contributed by atoms with Crippen molar-refractivity contribution in [2.24, 2.45) is 0 Å². The van der Waals surface area contributed by atoms with E-state index in [-0.39, 0.29) is 48.0 Å². The van der Waals surface area contributed by atoms with Gasteiger partial charge < -0.3 is 53.7 Å². The molecule has 73 heavy (non-hydrogen) atoms. The monoisotopic (exact) mass is 1010 g/mol. The molecule has 19 nitrogen and oxygen atoms in total. The van der Waals surface area contributed by atoms with Crippen LogP contribution in [0.5, 0.6) is 5.75 Å². The van der Waals surface area contributed by atoms with Gasteiger partial charge >= 0.3 is 0 Å². The van der Waals surface area contributed by atoms with Gasteiger partial charge in [-0.3, -0.25) is 39.0 Å². The lowest BCUT2D eigenvalue weighted by Gasteiger charge is -2.37. The molecule has 2 fully saturated rings. The van der Waals surface area contributed by atoms with Crippen LogP contribution >= 0.6 is 0 Å². The zero-order chi connectivity index (χ0) is 51.7. The number of carbonyl (C=O) groups is 5. The van der Waals surface area contributed by atoms with E-state index in [0.717, 1.165) is 57.9 Å². The number of rotatable bonds is 28. The van der Waals surface area contributed by atoms with Crippen LogP contribution in [0.2, 0.25) is 0 Å². The number of nitrogens with zero attached hydrogens (tertiary/aromatic N) is 2. The zero-order valence-corrected chi connectivity index (χ0v) is 42.3. The number of aromatic amines is 1.